The van der Waals surface area contributed by atoms with Crippen LogP contribution in [0, 0.1) is 29.3 Å². The van der Waals surface area contributed by atoms with Gasteiger partial charge in [-0.15, -0.1) is 6.58 Å². The Bertz CT molecular complexity index is 983. The summed E-state index contributed by atoms with van der Waals surface area (Å²) in [7, 11) is 0. The Hall–Kier alpha value is -2.17. The third-order valence-corrected chi connectivity index (χ3v) is 6.68. The molecular formula is C27H31F5. The number of hydrogen-bond donors (Lipinski definition) is 0. The van der Waals surface area contributed by atoms with Gasteiger partial charge in [0.15, 0.2) is 17.5 Å². The normalized spacial score (nSPS) is 19.8. The van der Waals surface area contributed by atoms with Gasteiger partial charge in [-0.25, -0.2) is 22.0 Å². The molecule has 2 aromatic carbocycles. The third kappa shape index (κ3) is 5.24. The number of unbranched alkanes of at least 4 members (excludes halogenated alkanes) is 2. The molecule has 0 spiro atoms. The smallest absolute Gasteiger partial charge is 0.169 e. The van der Waals surface area contributed by atoms with Gasteiger partial charge in [-0.1, -0.05) is 31.9 Å². The fraction of sp³-hybridized carbons (Fsp3) is 0.481. The first kappa shape index (κ1) is 24.5. The Morgan fingerprint density at radius 3 is 2.38 bits per heavy atom. The maximum absolute atomic E-state index is 15.1. The van der Waals surface area contributed by atoms with Gasteiger partial charge in [-0.05, 0) is 80.4 Å². The number of hydrogen-bond acceptors (Lipinski definition) is 0. The molecule has 0 unspecified atom stereocenters. The summed E-state index contributed by atoms with van der Waals surface area (Å²) in [4.78, 5) is 0. The highest BCUT2D eigenvalue weighted by molar-refractivity contribution is 5.88. The van der Waals surface area contributed by atoms with Crippen molar-refractivity contribution in [3.63, 3.8) is 0 Å². The predicted octanol–water partition coefficient (Wildman–Crippen LogP) is 9.37. The van der Waals surface area contributed by atoms with E-state index in [0.29, 0.717) is 31.6 Å². The second-order valence-electron chi connectivity index (χ2n) is 8.89. The lowest BCUT2D eigenvalue weighted by Gasteiger charge is -2.27. The van der Waals surface area contributed by atoms with Crippen molar-refractivity contribution in [3.8, 4) is 0 Å². The van der Waals surface area contributed by atoms with E-state index in [4.69, 9.17) is 0 Å². The number of fused-ring (bicyclic) bond motifs is 1. The average molecular weight is 451 g/mol. The standard InChI is InChI=1S/C27H31F5/c1-3-5-7-9-20-16-19-14-15-21(25(30)22(19)27(32)24(20)29)26(31)23(28)18-12-10-17(11-13-18)8-6-4-2/h4,14-18H,2-3,5-13H2,1H3. The largest absolute Gasteiger partial charge is 0.208 e. The average Bonchev–Trinajstić information content (AvgIpc) is 2.80. The number of allylic oxidation sites excluding steroid dienone is 2. The first-order valence-corrected chi connectivity index (χ1v) is 11.6. The molecule has 0 aromatic heterocycles. The minimum absolute atomic E-state index is 0.146. The van der Waals surface area contributed by atoms with Crippen LogP contribution >= 0.6 is 0 Å². The minimum Gasteiger partial charge on any atom is -0.208 e. The van der Waals surface area contributed by atoms with Gasteiger partial charge >= 0.3 is 0 Å². The number of halogens is 5. The Balaban J connectivity index is 1.88. The molecule has 1 aliphatic rings. The summed E-state index contributed by atoms with van der Waals surface area (Å²) in [5, 5.41) is -0.483. The number of rotatable bonds is 9. The molecule has 0 radical (unpaired) electrons. The molecule has 5 heteroatoms. The fourth-order valence-electron chi connectivity index (χ4n) is 4.72. The van der Waals surface area contributed by atoms with Crippen LogP contribution in [0.15, 0.2) is 36.7 Å². The molecule has 0 aliphatic heterocycles. The third-order valence-electron chi connectivity index (χ3n) is 6.68. The predicted molar refractivity (Wildman–Crippen MR) is 121 cm³/mol. The molecule has 1 saturated carbocycles. The van der Waals surface area contributed by atoms with Gasteiger partial charge in [0.25, 0.3) is 0 Å². The maximum atomic E-state index is 15.1. The molecule has 0 bridgehead atoms. The van der Waals surface area contributed by atoms with Crippen molar-refractivity contribution in [2.45, 2.75) is 71.1 Å². The molecule has 0 saturated heterocycles. The van der Waals surface area contributed by atoms with Gasteiger partial charge < -0.3 is 0 Å². The summed E-state index contributed by atoms with van der Waals surface area (Å²) in [5.74, 6) is -6.19. The van der Waals surface area contributed by atoms with Crippen LogP contribution < -0.4 is 0 Å². The zero-order chi connectivity index (χ0) is 23.3. The van der Waals surface area contributed by atoms with Crippen molar-refractivity contribution in [1.29, 1.82) is 0 Å². The molecule has 174 valence electrons. The van der Waals surface area contributed by atoms with Gasteiger partial charge in [0.1, 0.15) is 11.6 Å². The molecule has 32 heavy (non-hydrogen) atoms. The molecule has 0 N–H and O–H groups in total. The van der Waals surface area contributed by atoms with Crippen molar-refractivity contribution in [2.24, 2.45) is 11.8 Å². The van der Waals surface area contributed by atoms with Crippen LogP contribution in [0.2, 0.25) is 0 Å². The number of aryl methyl sites for hydroxylation is 1. The first-order chi connectivity index (χ1) is 15.4. The van der Waals surface area contributed by atoms with Crippen LogP contribution in [-0.2, 0) is 6.42 Å². The van der Waals surface area contributed by atoms with Crippen LogP contribution in [0.5, 0.6) is 0 Å². The van der Waals surface area contributed by atoms with Crippen molar-refractivity contribution in [1.82, 2.24) is 0 Å². The van der Waals surface area contributed by atoms with E-state index >= 15 is 4.39 Å². The first-order valence-electron chi connectivity index (χ1n) is 11.6. The van der Waals surface area contributed by atoms with E-state index < -0.39 is 46.0 Å². The monoisotopic (exact) mass is 450 g/mol. The van der Waals surface area contributed by atoms with Gasteiger partial charge in [0.2, 0.25) is 0 Å². The Kier molecular flexibility index (Phi) is 8.50. The maximum Gasteiger partial charge on any atom is 0.169 e. The second-order valence-corrected chi connectivity index (χ2v) is 8.89. The Morgan fingerprint density at radius 1 is 1.00 bits per heavy atom. The summed E-state index contributed by atoms with van der Waals surface area (Å²) >= 11 is 0. The lowest BCUT2D eigenvalue weighted by atomic mass is 9.79. The van der Waals surface area contributed by atoms with Crippen LogP contribution in [0.4, 0.5) is 22.0 Å². The van der Waals surface area contributed by atoms with Crippen molar-refractivity contribution >= 4 is 16.6 Å². The molecule has 3 rings (SSSR count). The van der Waals surface area contributed by atoms with Crippen molar-refractivity contribution in [2.75, 3.05) is 0 Å². The highest BCUT2D eigenvalue weighted by Crippen LogP contribution is 2.40. The van der Waals surface area contributed by atoms with Crippen molar-refractivity contribution < 1.29 is 22.0 Å². The van der Waals surface area contributed by atoms with Crippen LogP contribution in [-0.4, -0.2) is 0 Å². The summed E-state index contributed by atoms with van der Waals surface area (Å²) in [6, 6.07) is 3.85. The van der Waals surface area contributed by atoms with Gasteiger partial charge in [0.05, 0.1) is 5.39 Å². The molecular weight excluding hydrogens is 419 g/mol. The summed E-state index contributed by atoms with van der Waals surface area (Å²) in [5.41, 5.74) is -0.480. The second kappa shape index (κ2) is 11.1. The molecule has 0 heterocycles. The van der Waals surface area contributed by atoms with Gasteiger partial charge in [-0.2, -0.15) is 0 Å². The molecule has 0 nitrogen and oxygen atoms in total. The zero-order valence-corrected chi connectivity index (χ0v) is 18.6. The van der Waals surface area contributed by atoms with Crippen LogP contribution in [0.3, 0.4) is 0 Å². The zero-order valence-electron chi connectivity index (χ0n) is 18.6. The lowest BCUT2D eigenvalue weighted by molar-refractivity contribution is 0.263. The minimum atomic E-state index is -1.34. The molecule has 2 aromatic rings. The molecule has 1 fully saturated rings. The van der Waals surface area contributed by atoms with Gasteiger partial charge in [-0.3, -0.25) is 0 Å². The lowest BCUT2D eigenvalue weighted by Crippen LogP contribution is -2.15. The van der Waals surface area contributed by atoms with E-state index in [1.807, 2.05) is 13.0 Å². The molecule has 0 atom stereocenters. The van der Waals surface area contributed by atoms with Gasteiger partial charge in [0, 0.05) is 11.5 Å². The van der Waals surface area contributed by atoms with Crippen LogP contribution in [0.1, 0.15) is 75.8 Å². The van der Waals surface area contributed by atoms with E-state index in [2.05, 4.69) is 6.58 Å². The highest BCUT2D eigenvalue weighted by Gasteiger charge is 2.28. The van der Waals surface area contributed by atoms with E-state index in [9.17, 15) is 17.6 Å². The highest BCUT2D eigenvalue weighted by atomic mass is 19.2. The Morgan fingerprint density at radius 2 is 1.72 bits per heavy atom. The fourth-order valence-corrected chi connectivity index (χ4v) is 4.72. The van der Waals surface area contributed by atoms with E-state index in [-0.39, 0.29) is 10.9 Å². The topological polar surface area (TPSA) is 0 Å². The van der Waals surface area contributed by atoms with Crippen LogP contribution in [0.25, 0.3) is 16.6 Å². The SMILES string of the molecule is C=CCCC1CCC(C(F)=C(F)c2ccc3cc(CCCCC)c(F)c(F)c3c2F)CC1. The van der Waals surface area contributed by atoms with E-state index in [0.717, 1.165) is 44.6 Å². The summed E-state index contributed by atoms with van der Waals surface area (Å²) in [6.45, 7) is 5.71. The Labute approximate surface area is 187 Å². The van der Waals surface area contributed by atoms with E-state index in [1.165, 1.54) is 12.1 Å². The molecule has 1 aliphatic carbocycles. The summed E-state index contributed by atoms with van der Waals surface area (Å²) < 4.78 is 74.2. The number of benzene rings is 2. The summed E-state index contributed by atoms with van der Waals surface area (Å²) in [6.07, 6.45) is 9.10. The molecule has 0 amide bonds. The quantitative estimate of drug-likeness (QED) is 0.203. The van der Waals surface area contributed by atoms with Crippen molar-refractivity contribution in [3.05, 3.63) is 65.3 Å². The van der Waals surface area contributed by atoms with E-state index in [1.54, 1.807) is 0 Å².